The number of thiazole rings is 2. The molecule has 0 fully saturated rings. The maximum Gasteiger partial charge on any atom is 0.350 e. The number of fused-ring (bicyclic) bond motifs is 1. The Morgan fingerprint density at radius 2 is 1.95 bits per heavy atom. The third-order valence-corrected chi connectivity index (χ3v) is 5.12. The molecule has 6 heteroatoms. The molecule has 2 aromatic heterocycles. The number of benzene rings is 1. The Labute approximate surface area is 130 Å². The number of aromatic nitrogens is 2. The van der Waals surface area contributed by atoms with Crippen LogP contribution in [0.25, 0.3) is 10.2 Å². The first-order chi connectivity index (χ1) is 10.2. The summed E-state index contributed by atoms with van der Waals surface area (Å²) in [6.45, 7) is 4.02. The van der Waals surface area contributed by atoms with Gasteiger partial charge in [0.2, 0.25) is 0 Å². The Balaban J connectivity index is 1.84. The maximum absolute atomic E-state index is 11.8. The van der Waals surface area contributed by atoms with Crippen molar-refractivity contribution in [2.45, 2.75) is 20.3 Å². The van der Waals surface area contributed by atoms with Gasteiger partial charge in [-0.3, -0.25) is 0 Å². The Bertz CT molecular complexity index is 759. The average molecular weight is 318 g/mol. The number of hydrogen-bond acceptors (Lipinski definition) is 6. The smallest absolute Gasteiger partial charge is 0.350 e. The number of hydrogen-bond donors (Lipinski definition) is 0. The van der Waals surface area contributed by atoms with Gasteiger partial charge in [-0.25, -0.2) is 14.8 Å². The van der Waals surface area contributed by atoms with Gasteiger partial charge in [-0.2, -0.15) is 0 Å². The fourth-order valence-corrected chi connectivity index (χ4v) is 4.06. The zero-order chi connectivity index (χ0) is 14.8. The number of nitrogens with zero attached hydrogens (tertiary/aromatic N) is 2. The van der Waals surface area contributed by atoms with Gasteiger partial charge in [0, 0.05) is 0 Å². The summed E-state index contributed by atoms with van der Waals surface area (Å²) in [7, 11) is 0. The number of rotatable bonds is 4. The number of para-hydroxylation sites is 1. The van der Waals surface area contributed by atoms with E-state index in [0.29, 0.717) is 17.9 Å². The molecule has 1 aromatic carbocycles. The molecule has 0 saturated carbocycles. The van der Waals surface area contributed by atoms with Crippen LogP contribution in [-0.2, 0) is 11.2 Å². The van der Waals surface area contributed by atoms with Crippen molar-refractivity contribution in [3.63, 3.8) is 0 Å². The second-order valence-corrected chi connectivity index (χ2v) is 6.69. The van der Waals surface area contributed by atoms with Gasteiger partial charge in [-0.15, -0.1) is 22.7 Å². The molecular weight excluding hydrogens is 304 g/mol. The Morgan fingerprint density at radius 3 is 2.71 bits per heavy atom. The quantitative estimate of drug-likeness (QED) is 0.686. The topological polar surface area (TPSA) is 52.1 Å². The zero-order valence-electron chi connectivity index (χ0n) is 11.8. The Morgan fingerprint density at radius 1 is 1.19 bits per heavy atom. The Hall–Kier alpha value is -1.79. The molecule has 0 amide bonds. The molecule has 108 valence electrons. The van der Waals surface area contributed by atoms with Crippen molar-refractivity contribution in [3.8, 4) is 0 Å². The summed E-state index contributed by atoms with van der Waals surface area (Å²) in [6.07, 6.45) is 0.657. The highest BCUT2D eigenvalue weighted by molar-refractivity contribution is 7.18. The average Bonchev–Trinajstić information content (AvgIpc) is 3.02. The van der Waals surface area contributed by atoms with E-state index in [1.807, 2.05) is 25.1 Å². The van der Waals surface area contributed by atoms with Crippen LogP contribution in [0.3, 0.4) is 0 Å². The molecule has 0 atom stereocenters. The van der Waals surface area contributed by atoms with Crippen LogP contribution in [0.2, 0.25) is 0 Å². The van der Waals surface area contributed by atoms with Crippen molar-refractivity contribution >= 4 is 38.9 Å². The van der Waals surface area contributed by atoms with Gasteiger partial charge in [-0.05, 0) is 26.0 Å². The molecule has 0 spiro atoms. The van der Waals surface area contributed by atoms with E-state index in [9.17, 15) is 4.79 Å². The summed E-state index contributed by atoms with van der Waals surface area (Å²) < 4.78 is 6.21. The summed E-state index contributed by atoms with van der Waals surface area (Å²) in [5.41, 5.74) is 1.74. The van der Waals surface area contributed by atoms with Crippen LogP contribution in [-0.4, -0.2) is 22.5 Å². The minimum Gasteiger partial charge on any atom is -0.462 e. The van der Waals surface area contributed by atoms with E-state index in [1.54, 1.807) is 18.3 Å². The number of carbonyl (C=O) groups excluding carboxylic acids is 1. The first kappa shape index (κ1) is 14.2. The number of ether oxygens (including phenoxy) is 1. The minimum atomic E-state index is -0.289. The molecule has 0 aliphatic rings. The fourth-order valence-electron chi connectivity index (χ4n) is 2.04. The van der Waals surface area contributed by atoms with Crippen molar-refractivity contribution < 1.29 is 9.53 Å². The van der Waals surface area contributed by atoms with Gasteiger partial charge in [0.25, 0.3) is 0 Å². The van der Waals surface area contributed by atoms with Crippen LogP contribution in [0.5, 0.6) is 0 Å². The number of aryl methyl sites for hydroxylation is 1. The van der Waals surface area contributed by atoms with Crippen molar-refractivity contribution in [2.24, 2.45) is 0 Å². The van der Waals surface area contributed by atoms with Crippen LogP contribution in [0.15, 0.2) is 24.3 Å². The first-order valence-corrected chi connectivity index (χ1v) is 8.28. The monoisotopic (exact) mass is 318 g/mol. The molecule has 4 nitrogen and oxygen atoms in total. The third-order valence-electron chi connectivity index (χ3n) is 2.94. The summed E-state index contributed by atoms with van der Waals surface area (Å²) in [6, 6.07) is 8.06. The van der Waals surface area contributed by atoms with E-state index in [2.05, 4.69) is 16.0 Å². The van der Waals surface area contributed by atoms with E-state index in [0.717, 1.165) is 21.2 Å². The van der Waals surface area contributed by atoms with Gasteiger partial charge in [0.15, 0.2) is 0 Å². The van der Waals surface area contributed by atoms with Crippen molar-refractivity contribution in [1.82, 2.24) is 9.97 Å². The van der Waals surface area contributed by atoms with Crippen LogP contribution >= 0.6 is 22.7 Å². The highest BCUT2D eigenvalue weighted by Gasteiger charge is 2.17. The normalized spacial score (nSPS) is 11.0. The number of esters is 1. The van der Waals surface area contributed by atoms with Crippen molar-refractivity contribution in [1.29, 1.82) is 0 Å². The number of carbonyl (C=O) groups is 1. The molecule has 0 bridgehead atoms. The second kappa shape index (κ2) is 5.91. The summed E-state index contributed by atoms with van der Waals surface area (Å²) in [5.74, 6) is -0.289. The predicted molar refractivity (Wildman–Crippen MR) is 85.2 cm³/mol. The zero-order valence-corrected chi connectivity index (χ0v) is 13.4. The lowest BCUT2D eigenvalue weighted by Gasteiger charge is -1.97. The summed E-state index contributed by atoms with van der Waals surface area (Å²) in [4.78, 5) is 21.5. The van der Waals surface area contributed by atoms with E-state index in [-0.39, 0.29) is 5.97 Å². The molecule has 3 aromatic rings. The molecule has 2 heterocycles. The highest BCUT2D eigenvalue weighted by atomic mass is 32.1. The maximum atomic E-state index is 11.8. The molecule has 0 unspecified atom stereocenters. The second-order valence-electron chi connectivity index (χ2n) is 4.49. The molecule has 21 heavy (non-hydrogen) atoms. The third kappa shape index (κ3) is 2.96. The molecule has 0 saturated heterocycles. The van der Waals surface area contributed by atoms with E-state index < -0.39 is 0 Å². The molecule has 3 rings (SSSR count). The highest BCUT2D eigenvalue weighted by Crippen LogP contribution is 2.26. The standard InChI is InChI=1S/C15H14N2O2S2/c1-3-19-15(18)14-9(2)16-12(21-14)8-13-17-10-6-4-5-7-11(10)20-13/h4-7H,3,8H2,1-2H3. The minimum absolute atomic E-state index is 0.289. The summed E-state index contributed by atoms with van der Waals surface area (Å²) >= 11 is 3.06. The lowest BCUT2D eigenvalue weighted by atomic mass is 10.3. The van der Waals surface area contributed by atoms with Crippen LogP contribution in [0, 0.1) is 6.92 Å². The molecule has 0 aliphatic heterocycles. The Kier molecular flexibility index (Phi) is 3.98. The van der Waals surface area contributed by atoms with Crippen LogP contribution < -0.4 is 0 Å². The van der Waals surface area contributed by atoms with Gasteiger partial charge >= 0.3 is 5.97 Å². The van der Waals surface area contributed by atoms with Crippen molar-refractivity contribution in [2.75, 3.05) is 6.61 Å². The van der Waals surface area contributed by atoms with Gasteiger partial charge in [-0.1, -0.05) is 12.1 Å². The first-order valence-electron chi connectivity index (χ1n) is 6.65. The van der Waals surface area contributed by atoms with E-state index >= 15 is 0 Å². The molecule has 0 radical (unpaired) electrons. The van der Waals surface area contributed by atoms with Gasteiger partial charge < -0.3 is 4.74 Å². The lowest BCUT2D eigenvalue weighted by Crippen LogP contribution is -2.03. The predicted octanol–water partition coefficient (Wildman–Crippen LogP) is 3.83. The fraction of sp³-hybridized carbons (Fsp3) is 0.267. The lowest BCUT2D eigenvalue weighted by molar-refractivity contribution is 0.0531. The van der Waals surface area contributed by atoms with E-state index in [4.69, 9.17) is 4.74 Å². The van der Waals surface area contributed by atoms with Gasteiger partial charge in [0.05, 0.1) is 28.9 Å². The van der Waals surface area contributed by atoms with E-state index in [1.165, 1.54) is 16.0 Å². The molecule has 0 N–H and O–H groups in total. The molecule has 0 aliphatic carbocycles. The molecular formula is C15H14N2O2S2. The summed E-state index contributed by atoms with van der Waals surface area (Å²) in [5, 5.41) is 1.91. The van der Waals surface area contributed by atoms with Crippen LogP contribution in [0.4, 0.5) is 0 Å². The SMILES string of the molecule is CCOC(=O)c1sc(Cc2nc3ccccc3s2)nc1C. The van der Waals surface area contributed by atoms with Crippen molar-refractivity contribution in [3.05, 3.63) is 44.9 Å². The largest absolute Gasteiger partial charge is 0.462 e. The van der Waals surface area contributed by atoms with Crippen LogP contribution in [0.1, 0.15) is 32.3 Å². The van der Waals surface area contributed by atoms with Gasteiger partial charge in [0.1, 0.15) is 14.9 Å².